The van der Waals surface area contributed by atoms with E-state index in [0.717, 1.165) is 40.5 Å². The Hall–Kier alpha value is 0.0900. The highest BCUT2D eigenvalue weighted by Crippen LogP contribution is 2.32. The van der Waals surface area contributed by atoms with Crippen LogP contribution in [0.4, 0.5) is 0 Å². The zero-order valence-electron chi connectivity index (χ0n) is 9.79. The molecule has 0 aliphatic heterocycles. The SMILES string of the molecule is O=C(O)C1CCC(NCc2cc(Br)c(Br)s2)CC1. The number of carbonyl (C=O) groups is 1. The number of rotatable bonds is 4. The van der Waals surface area contributed by atoms with Gasteiger partial charge in [0, 0.05) is 21.9 Å². The molecule has 3 nitrogen and oxygen atoms in total. The second kappa shape index (κ2) is 6.50. The van der Waals surface area contributed by atoms with E-state index in [9.17, 15) is 4.79 Å². The molecule has 2 rings (SSSR count). The maximum atomic E-state index is 10.9. The maximum Gasteiger partial charge on any atom is 0.306 e. The van der Waals surface area contributed by atoms with E-state index in [-0.39, 0.29) is 5.92 Å². The van der Waals surface area contributed by atoms with E-state index in [1.165, 1.54) is 4.88 Å². The van der Waals surface area contributed by atoms with Gasteiger partial charge >= 0.3 is 5.97 Å². The van der Waals surface area contributed by atoms with Crippen LogP contribution in [-0.4, -0.2) is 17.1 Å². The first kappa shape index (κ1) is 14.5. The number of carboxylic acids is 1. The summed E-state index contributed by atoms with van der Waals surface area (Å²) in [4.78, 5) is 12.1. The lowest BCUT2D eigenvalue weighted by Crippen LogP contribution is -2.34. The first-order valence-electron chi connectivity index (χ1n) is 5.96. The van der Waals surface area contributed by atoms with Gasteiger partial charge in [0.1, 0.15) is 0 Å². The van der Waals surface area contributed by atoms with Gasteiger partial charge in [-0.2, -0.15) is 0 Å². The third kappa shape index (κ3) is 3.79. The topological polar surface area (TPSA) is 49.3 Å². The van der Waals surface area contributed by atoms with Crippen molar-refractivity contribution >= 4 is 49.2 Å². The van der Waals surface area contributed by atoms with Crippen LogP contribution in [0, 0.1) is 5.92 Å². The van der Waals surface area contributed by atoms with Crippen LogP contribution in [-0.2, 0) is 11.3 Å². The third-order valence-electron chi connectivity index (χ3n) is 3.34. The number of halogens is 2. The van der Waals surface area contributed by atoms with Gasteiger partial charge in [0.15, 0.2) is 0 Å². The zero-order chi connectivity index (χ0) is 13.1. The summed E-state index contributed by atoms with van der Waals surface area (Å²) in [6, 6.07) is 2.57. The van der Waals surface area contributed by atoms with Gasteiger partial charge < -0.3 is 10.4 Å². The lowest BCUT2D eigenvalue weighted by Gasteiger charge is -2.26. The van der Waals surface area contributed by atoms with Crippen molar-refractivity contribution in [2.24, 2.45) is 5.92 Å². The van der Waals surface area contributed by atoms with Gasteiger partial charge in [0.2, 0.25) is 0 Å². The Morgan fingerprint density at radius 3 is 2.56 bits per heavy atom. The highest BCUT2D eigenvalue weighted by Gasteiger charge is 2.25. The quantitative estimate of drug-likeness (QED) is 0.808. The van der Waals surface area contributed by atoms with Gasteiger partial charge in [-0.05, 0) is 63.6 Å². The van der Waals surface area contributed by atoms with Crippen LogP contribution in [0.15, 0.2) is 14.3 Å². The average Bonchev–Trinajstić information content (AvgIpc) is 2.67. The summed E-state index contributed by atoms with van der Waals surface area (Å²) in [5.41, 5.74) is 0. The van der Waals surface area contributed by atoms with E-state index < -0.39 is 5.97 Å². The molecular weight excluding hydrogens is 382 g/mol. The van der Waals surface area contributed by atoms with Crippen molar-refractivity contribution in [1.82, 2.24) is 5.32 Å². The lowest BCUT2D eigenvalue weighted by atomic mass is 9.86. The summed E-state index contributed by atoms with van der Waals surface area (Å²) in [5.74, 6) is -0.771. The number of aliphatic carboxylic acids is 1. The van der Waals surface area contributed by atoms with E-state index in [0.29, 0.717) is 6.04 Å². The van der Waals surface area contributed by atoms with Gasteiger partial charge in [-0.15, -0.1) is 11.3 Å². The first-order valence-corrected chi connectivity index (χ1v) is 8.36. The summed E-state index contributed by atoms with van der Waals surface area (Å²) in [6.45, 7) is 0.858. The van der Waals surface area contributed by atoms with E-state index in [4.69, 9.17) is 5.11 Å². The average molecular weight is 397 g/mol. The third-order valence-corrected chi connectivity index (χ3v) is 6.59. The summed E-state index contributed by atoms with van der Waals surface area (Å²) in [7, 11) is 0. The first-order chi connectivity index (χ1) is 8.56. The molecular formula is C12H15Br2NO2S. The molecule has 0 bridgehead atoms. The van der Waals surface area contributed by atoms with Crippen molar-refractivity contribution in [3.8, 4) is 0 Å². The number of hydrogen-bond acceptors (Lipinski definition) is 3. The predicted octanol–water partition coefficient (Wildman–Crippen LogP) is 4.01. The molecule has 1 heterocycles. The second-order valence-electron chi connectivity index (χ2n) is 4.60. The number of hydrogen-bond donors (Lipinski definition) is 2. The van der Waals surface area contributed by atoms with Crippen molar-refractivity contribution in [2.45, 2.75) is 38.3 Å². The summed E-state index contributed by atoms with van der Waals surface area (Å²) < 4.78 is 2.22. The Labute approximate surface area is 127 Å². The molecule has 1 aliphatic rings. The highest BCUT2D eigenvalue weighted by atomic mass is 79.9. The molecule has 18 heavy (non-hydrogen) atoms. The van der Waals surface area contributed by atoms with E-state index >= 15 is 0 Å². The monoisotopic (exact) mass is 395 g/mol. The summed E-state index contributed by atoms with van der Waals surface area (Å²) in [5, 5.41) is 12.5. The summed E-state index contributed by atoms with van der Waals surface area (Å²) in [6.07, 6.45) is 3.52. The van der Waals surface area contributed by atoms with Crippen LogP contribution in [0.5, 0.6) is 0 Å². The van der Waals surface area contributed by atoms with Crippen molar-refractivity contribution in [2.75, 3.05) is 0 Å². The Bertz CT molecular complexity index is 408. The summed E-state index contributed by atoms with van der Waals surface area (Å²) >= 11 is 8.68. The fourth-order valence-corrected chi connectivity index (χ4v) is 4.40. The maximum absolute atomic E-state index is 10.9. The molecule has 2 N–H and O–H groups in total. The van der Waals surface area contributed by atoms with Gasteiger partial charge in [-0.3, -0.25) is 4.79 Å². The molecule has 0 radical (unpaired) electrons. The Balaban J connectivity index is 1.77. The molecule has 6 heteroatoms. The fraction of sp³-hybridized carbons (Fsp3) is 0.583. The molecule has 1 aliphatic carbocycles. The van der Waals surface area contributed by atoms with E-state index in [1.54, 1.807) is 11.3 Å². The molecule has 1 saturated carbocycles. The highest BCUT2D eigenvalue weighted by molar-refractivity contribution is 9.13. The molecule has 0 amide bonds. The Kier molecular flexibility index (Phi) is 5.24. The molecule has 0 unspecified atom stereocenters. The molecule has 0 spiro atoms. The number of nitrogens with one attached hydrogen (secondary N) is 1. The van der Waals surface area contributed by atoms with Gasteiger partial charge in [0.25, 0.3) is 0 Å². The van der Waals surface area contributed by atoms with Gasteiger partial charge in [0.05, 0.1) is 9.70 Å². The Morgan fingerprint density at radius 2 is 2.06 bits per heavy atom. The molecule has 0 saturated heterocycles. The van der Waals surface area contributed by atoms with Gasteiger partial charge in [-0.25, -0.2) is 0 Å². The van der Waals surface area contributed by atoms with Gasteiger partial charge in [-0.1, -0.05) is 0 Å². The normalized spacial score (nSPS) is 24.1. The van der Waals surface area contributed by atoms with Crippen LogP contribution in [0.2, 0.25) is 0 Å². The van der Waals surface area contributed by atoms with Crippen LogP contribution < -0.4 is 5.32 Å². The molecule has 0 atom stereocenters. The standard InChI is InChI=1S/C12H15Br2NO2S/c13-10-5-9(18-11(10)14)6-15-8-3-1-7(2-4-8)12(16)17/h5,7-8,15H,1-4,6H2,(H,16,17). The van der Waals surface area contributed by atoms with Crippen LogP contribution in [0.25, 0.3) is 0 Å². The minimum atomic E-state index is -0.639. The van der Waals surface area contributed by atoms with Crippen LogP contribution in [0.1, 0.15) is 30.6 Å². The molecule has 1 aromatic heterocycles. The number of carboxylic acid groups (broad SMARTS) is 1. The van der Waals surface area contributed by atoms with E-state index in [2.05, 4.69) is 43.2 Å². The van der Waals surface area contributed by atoms with E-state index in [1.807, 2.05) is 0 Å². The fourth-order valence-electron chi connectivity index (χ4n) is 2.27. The predicted molar refractivity (Wildman–Crippen MR) is 79.9 cm³/mol. The zero-order valence-corrected chi connectivity index (χ0v) is 13.8. The molecule has 1 aromatic rings. The van der Waals surface area contributed by atoms with Crippen molar-refractivity contribution in [3.05, 3.63) is 19.2 Å². The lowest BCUT2D eigenvalue weighted by molar-refractivity contribution is -0.142. The smallest absolute Gasteiger partial charge is 0.306 e. The van der Waals surface area contributed by atoms with Crippen LogP contribution in [0.3, 0.4) is 0 Å². The minimum absolute atomic E-state index is 0.131. The van der Waals surface area contributed by atoms with Crippen molar-refractivity contribution < 1.29 is 9.90 Å². The molecule has 0 aromatic carbocycles. The van der Waals surface area contributed by atoms with Crippen molar-refractivity contribution in [1.29, 1.82) is 0 Å². The minimum Gasteiger partial charge on any atom is -0.481 e. The largest absolute Gasteiger partial charge is 0.481 e. The molecule has 100 valence electrons. The number of thiophene rings is 1. The Morgan fingerprint density at radius 1 is 1.39 bits per heavy atom. The van der Waals surface area contributed by atoms with Crippen molar-refractivity contribution in [3.63, 3.8) is 0 Å². The second-order valence-corrected chi connectivity index (χ2v) is 7.91. The molecule has 1 fully saturated rings. The van der Waals surface area contributed by atoms with Crippen LogP contribution >= 0.6 is 43.2 Å².